The van der Waals surface area contributed by atoms with E-state index < -0.39 is 6.09 Å². The number of nitrogens with one attached hydrogen (secondary N) is 1. The molecule has 1 fully saturated rings. The van der Waals surface area contributed by atoms with Gasteiger partial charge in [-0.05, 0) is 30.6 Å². The quantitative estimate of drug-likeness (QED) is 0.876. The molecule has 0 bridgehead atoms. The number of aliphatic hydroxyl groups is 1. The predicted molar refractivity (Wildman–Crippen MR) is 80.8 cm³/mol. The maximum Gasteiger partial charge on any atom is 0.407 e. The third-order valence-corrected chi connectivity index (χ3v) is 4.83. The van der Waals surface area contributed by atoms with Gasteiger partial charge in [0, 0.05) is 12.4 Å². The molecule has 1 unspecified atom stereocenters. The van der Waals surface area contributed by atoms with Crippen molar-refractivity contribution in [1.82, 2.24) is 5.32 Å². The smallest absolute Gasteiger partial charge is 0.407 e. The van der Waals surface area contributed by atoms with Crippen LogP contribution in [0.3, 0.4) is 0 Å². The molecule has 0 spiro atoms. The number of ether oxygens (including phenoxy) is 1. The SMILES string of the molecule is O=C(NC1(CCO)CCCSC1)OCc1ccccc1. The molecule has 4 nitrogen and oxygen atoms in total. The number of hydrogen-bond donors (Lipinski definition) is 2. The lowest BCUT2D eigenvalue weighted by molar-refractivity contribution is 0.120. The van der Waals surface area contributed by atoms with Gasteiger partial charge in [0.2, 0.25) is 0 Å². The minimum atomic E-state index is -0.398. The number of hydrogen-bond acceptors (Lipinski definition) is 4. The summed E-state index contributed by atoms with van der Waals surface area (Å²) in [6, 6.07) is 9.61. The van der Waals surface area contributed by atoms with E-state index in [0.29, 0.717) is 6.42 Å². The fourth-order valence-corrected chi connectivity index (χ4v) is 3.64. The van der Waals surface area contributed by atoms with Crippen molar-refractivity contribution in [2.45, 2.75) is 31.4 Å². The maximum absolute atomic E-state index is 11.9. The van der Waals surface area contributed by atoms with Gasteiger partial charge in [0.15, 0.2) is 0 Å². The zero-order valence-corrected chi connectivity index (χ0v) is 12.3. The number of carbonyl (C=O) groups is 1. The summed E-state index contributed by atoms with van der Waals surface area (Å²) in [6.45, 7) is 0.356. The summed E-state index contributed by atoms with van der Waals surface area (Å²) >= 11 is 1.82. The van der Waals surface area contributed by atoms with Gasteiger partial charge in [-0.2, -0.15) is 11.8 Å². The molecule has 1 amide bonds. The van der Waals surface area contributed by atoms with Gasteiger partial charge >= 0.3 is 6.09 Å². The Bertz CT molecular complexity index is 413. The number of aliphatic hydroxyl groups excluding tert-OH is 1. The van der Waals surface area contributed by atoms with E-state index in [4.69, 9.17) is 4.74 Å². The lowest BCUT2D eigenvalue weighted by atomic mass is 9.92. The first-order valence-electron chi connectivity index (χ1n) is 6.92. The molecule has 1 saturated heterocycles. The molecule has 0 aromatic heterocycles. The van der Waals surface area contributed by atoms with Crippen LogP contribution in [0.4, 0.5) is 4.79 Å². The van der Waals surface area contributed by atoms with E-state index in [2.05, 4.69) is 5.32 Å². The zero-order valence-electron chi connectivity index (χ0n) is 11.5. The Kier molecular flexibility index (Phi) is 5.73. The first kappa shape index (κ1) is 15.2. The van der Waals surface area contributed by atoms with Crippen LogP contribution in [0, 0.1) is 0 Å². The third kappa shape index (κ3) is 4.42. The van der Waals surface area contributed by atoms with Crippen LogP contribution in [0.5, 0.6) is 0 Å². The lowest BCUT2D eigenvalue weighted by Crippen LogP contribution is -2.52. The zero-order chi connectivity index (χ0) is 14.3. The summed E-state index contributed by atoms with van der Waals surface area (Å²) in [5, 5.41) is 12.2. The second-order valence-electron chi connectivity index (χ2n) is 5.10. The molecule has 0 radical (unpaired) electrons. The maximum atomic E-state index is 11.9. The van der Waals surface area contributed by atoms with Crippen LogP contribution in [0.25, 0.3) is 0 Å². The van der Waals surface area contributed by atoms with Gasteiger partial charge in [-0.3, -0.25) is 0 Å². The van der Waals surface area contributed by atoms with Gasteiger partial charge in [-0.1, -0.05) is 30.3 Å². The second-order valence-corrected chi connectivity index (χ2v) is 6.20. The molecule has 1 aromatic carbocycles. The summed E-state index contributed by atoms with van der Waals surface area (Å²) in [6.07, 6.45) is 2.15. The molecule has 1 aliphatic heterocycles. The van der Waals surface area contributed by atoms with Gasteiger partial charge in [0.1, 0.15) is 6.61 Å². The Hall–Kier alpha value is -1.20. The van der Waals surface area contributed by atoms with E-state index >= 15 is 0 Å². The van der Waals surface area contributed by atoms with Gasteiger partial charge < -0.3 is 15.2 Å². The van der Waals surface area contributed by atoms with E-state index in [1.54, 1.807) is 0 Å². The van der Waals surface area contributed by atoms with Crippen molar-refractivity contribution in [1.29, 1.82) is 0 Å². The van der Waals surface area contributed by atoms with E-state index in [-0.39, 0.29) is 18.8 Å². The fraction of sp³-hybridized carbons (Fsp3) is 0.533. The Morgan fingerprint density at radius 3 is 2.85 bits per heavy atom. The van der Waals surface area contributed by atoms with Crippen molar-refractivity contribution in [2.75, 3.05) is 18.1 Å². The molecular formula is C15H21NO3S. The van der Waals surface area contributed by atoms with Crippen LogP contribution in [0.1, 0.15) is 24.8 Å². The Labute approximate surface area is 123 Å². The minimum Gasteiger partial charge on any atom is -0.445 e. The van der Waals surface area contributed by atoms with Gasteiger partial charge in [-0.15, -0.1) is 0 Å². The Morgan fingerprint density at radius 2 is 2.20 bits per heavy atom. The average molecular weight is 295 g/mol. The molecule has 1 aliphatic rings. The van der Waals surface area contributed by atoms with E-state index in [1.807, 2.05) is 42.1 Å². The van der Waals surface area contributed by atoms with Crippen molar-refractivity contribution >= 4 is 17.9 Å². The summed E-state index contributed by atoms with van der Waals surface area (Å²) < 4.78 is 5.26. The number of thioether (sulfide) groups is 1. The van der Waals surface area contributed by atoms with Crippen LogP contribution in [-0.2, 0) is 11.3 Å². The van der Waals surface area contributed by atoms with Crippen molar-refractivity contribution in [3.05, 3.63) is 35.9 Å². The number of alkyl carbamates (subject to hydrolysis) is 1. The normalized spacial score (nSPS) is 22.2. The molecular weight excluding hydrogens is 274 g/mol. The Balaban J connectivity index is 1.85. The molecule has 2 N–H and O–H groups in total. The summed E-state index contributed by atoms with van der Waals surface area (Å²) in [4.78, 5) is 11.9. The van der Waals surface area contributed by atoms with Gasteiger partial charge in [-0.25, -0.2) is 4.79 Å². The molecule has 20 heavy (non-hydrogen) atoms. The molecule has 1 aromatic rings. The molecule has 0 aliphatic carbocycles. The number of benzene rings is 1. The largest absolute Gasteiger partial charge is 0.445 e. The average Bonchev–Trinajstić information content (AvgIpc) is 2.47. The summed E-state index contributed by atoms with van der Waals surface area (Å²) in [5.41, 5.74) is 0.655. The van der Waals surface area contributed by atoms with Crippen molar-refractivity contribution in [3.63, 3.8) is 0 Å². The van der Waals surface area contributed by atoms with Crippen LogP contribution >= 0.6 is 11.8 Å². The van der Waals surface area contributed by atoms with E-state index in [9.17, 15) is 9.90 Å². The molecule has 5 heteroatoms. The van der Waals surface area contributed by atoms with Crippen LogP contribution in [0.15, 0.2) is 30.3 Å². The van der Waals surface area contributed by atoms with Gasteiger partial charge in [0.05, 0.1) is 5.54 Å². The van der Waals surface area contributed by atoms with Gasteiger partial charge in [0.25, 0.3) is 0 Å². The van der Waals surface area contributed by atoms with Crippen LogP contribution in [0.2, 0.25) is 0 Å². The first-order chi connectivity index (χ1) is 9.74. The highest BCUT2D eigenvalue weighted by Crippen LogP contribution is 2.29. The third-order valence-electron chi connectivity index (χ3n) is 3.49. The molecule has 0 saturated carbocycles. The highest BCUT2D eigenvalue weighted by Gasteiger charge is 2.34. The molecule has 1 heterocycles. The van der Waals surface area contributed by atoms with E-state index in [0.717, 1.165) is 29.9 Å². The highest BCUT2D eigenvalue weighted by atomic mass is 32.2. The first-order valence-corrected chi connectivity index (χ1v) is 8.07. The lowest BCUT2D eigenvalue weighted by Gasteiger charge is -2.36. The summed E-state index contributed by atoms with van der Waals surface area (Å²) in [5.74, 6) is 1.96. The topological polar surface area (TPSA) is 58.6 Å². The standard InChI is InChI=1S/C15H21NO3S/c17-9-8-15(7-4-10-20-12-15)16-14(18)19-11-13-5-2-1-3-6-13/h1-3,5-6,17H,4,7-12H2,(H,16,18). The second kappa shape index (κ2) is 7.55. The molecule has 2 rings (SSSR count). The minimum absolute atomic E-state index is 0.0829. The fourth-order valence-electron chi connectivity index (χ4n) is 2.40. The highest BCUT2D eigenvalue weighted by molar-refractivity contribution is 7.99. The Morgan fingerprint density at radius 1 is 1.40 bits per heavy atom. The van der Waals surface area contributed by atoms with Crippen molar-refractivity contribution < 1.29 is 14.6 Å². The van der Waals surface area contributed by atoms with Crippen LogP contribution < -0.4 is 5.32 Å². The van der Waals surface area contributed by atoms with E-state index in [1.165, 1.54) is 0 Å². The summed E-state index contributed by atoms with van der Waals surface area (Å²) in [7, 11) is 0. The number of carbonyl (C=O) groups excluding carboxylic acids is 1. The van der Waals surface area contributed by atoms with Crippen LogP contribution in [-0.4, -0.2) is 34.9 Å². The predicted octanol–water partition coefficient (Wildman–Crippen LogP) is 2.56. The molecule has 1 atom stereocenters. The number of amides is 1. The monoisotopic (exact) mass is 295 g/mol. The van der Waals surface area contributed by atoms with Crippen molar-refractivity contribution in [3.8, 4) is 0 Å². The van der Waals surface area contributed by atoms with Crippen molar-refractivity contribution in [2.24, 2.45) is 0 Å². The number of rotatable bonds is 5. The molecule has 110 valence electrons.